The summed E-state index contributed by atoms with van der Waals surface area (Å²) in [5.41, 5.74) is 0.549. The molecule has 0 atom stereocenters. The van der Waals surface area contributed by atoms with Crippen LogP contribution < -0.4 is 15.4 Å². The van der Waals surface area contributed by atoms with Gasteiger partial charge in [0.15, 0.2) is 6.61 Å². The SMILES string of the molecule is O=C(O)COc1ccc(NC(=O)CCl)cc1CNC(C(=O)O)C(=O)O. The molecule has 0 saturated heterocycles. The Morgan fingerprint density at radius 2 is 1.76 bits per heavy atom. The van der Waals surface area contributed by atoms with Crippen molar-refractivity contribution >= 4 is 41.1 Å². The summed E-state index contributed by atoms with van der Waals surface area (Å²) in [5, 5.41) is 31.1. The van der Waals surface area contributed by atoms with E-state index < -0.39 is 36.5 Å². The minimum atomic E-state index is -1.87. The average Bonchev–Trinajstić information content (AvgIpc) is 2.53. The van der Waals surface area contributed by atoms with Gasteiger partial charge in [0.25, 0.3) is 0 Å². The van der Waals surface area contributed by atoms with Crippen LogP contribution in [0.15, 0.2) is 18.2 Å². The van der Waals surface area contributed by atoms with Gasteiger partial charge < -0.3 is 25.4 Å². The highest BCUT2D eigenvalue weighted by atomic mass is 35.5. The first-order valence-electron chi connectivity index (χ1n) is 6.77. The number of hydrogen-bond acceptors (Lipinski definition) is 6. The van der Waals surface area contributed by atoms with Crippen LogP contribution in [0.5, 0.6) is 5.75 Å². The number of carboxylic acids is 3. The molecule has 1 rings (SSSR count). The van der Waals surface area contributed by atoms with Crippen molar-refractivity contribution in [2.75, 3.05) is 17.8 Å². The Morgan fingerprint density at radius 3 is 2.28 bits per heavy atom. The molecule has 10 nitrogen and oxygen atoms in total. The van der Waals surface area contributed by atoms with Crippen LogP contribution in [0, 0.1) is 0 Å². The molecular weight excluding hydrogens is 360 g/mol. The molecule has 0 radical (unpaired) electrons. The Morgan fingerprint density at radius 1 is 1.12 bits per heavy atom. The van der Waals surface area contributed by atoms with E-state index in [4.69, 9.17) is 31.7 Å². The van der Waals surface area contributed by atoms with Crippen molar-refractivity contribution in [2.24, 2.45) is 0 Å². The van der Waals surface area contributed by atoms with Crippen LogP contribution in [0.3, 0.4) is 0 Å². The van der Waals surface area contributed by atoms with Gasteiger partial charge in [-0.05, 0) is 18.2 Å². The fourth-order valence-corrected chi connectivity index (χ4v) is 1.83. The molecule has 0 bridgehead atoms. The van der Waals surface area contributed by atoms with Gasteiger partial charge in [-0.2, -0.15) is 0 Å². The zero-order valence-electron chi connectivity index (χ0n) is 12.7. The van der Waals surface area contributed by atoms with Crippen molar-refractivity contribution in [3.63, 3.8) is 0 Å². The molecule has 0 heterocycles. The fraction of sp³-hybridized carbons (Fsp3) is 0.286. The molecule has 25 heavy (non-hydrogen) atoms. The monoisotopic (exact) mass is 374 g/mol. The van der Waals surface area contributed by atoms with E-state index in [9.17, 15) is 19.2 Å². The van der Waals surface area contributed by atoms with E-state index in [1.807, 2.05) is 0 Å². The molecule has 0 fully saturated rings. The topological polar surface area (TPSA) is 162 Å². The molecule has 0 aliphatic carbocycles. The smallest absolute Gasteiger partial charge is 0.341 e. The lowest BCUT2D eigenvalue weighted by Crippen LogP contribution is -2.42. The first-order valence-corrected chi connectivity index (χ1v) is 7.30. The normalized spacial score (nSPS) is 10.3. The van der Waals surface area contributed by atoms with E-state index in [1.54, 1.807) is 0 Å². The second-order valence-corrected chi connectivity index (χ2v) is 4.94. The molecule has 0 unspecified atom stereocenters. The molecule has 0 spiro atoms. The number of carbonyl (C=O) groups is 4. The van der Waals surface area contributed by atoms with Crippen molar-refractivity contribution in [1.82, 2.24) is 5.32 Å². The third kappa shape index (κ3) is 6.65. The predicted molar refractivity (Wildman–Crippen MR) is 84.8 cm³/mol. The summed E-state index contributed by atoms with van der Waals surface area (Å²) >= 11 is 5.39. The number of carboxylic acid groups (broad SMARTS) is 3. The van der Waals surface area contributed by atoms with Gasteiger partial charge in [0.05, 0.1) is 0 Å². The average molecular weight is 375 g/mol. The van der Waals surface area contributed by atoms with Gasteiger partial charge in [-0.25, -0.2) is 14.4 Å². The zero-order chi connectivity index (χ0) is 19.0. The highest BCUT2D eigenvalue weighted by Crippen LogP contribution is 2.23. The predicted octanol–water partition coefficient (Wildman–Crippen LogP) is -0.0453. The van der Waals surface area contributed by atoms with Crippen LogP contribution in [0.1, 0.15) is 5.56 Å². The van der Waals surface area contributed by atoms with Crippen molar-refractivity contribution in [1.29, 1.82) is 0 Å². The van der Waals surface area contributed by atoms with Crippen LogP contribution >= 0.6 is 11.6 Å². The fourth-order valence-electron chi connectivity index (χ4n) is 1.76. The Labute approximate surface area is 146 Å². The first kappa shape index (κ1) is 20.2. The lowest BCUT2D eigenvalue weighted by Gasteiger charge is -2.15. The molecule has 0 aromatic heterocycles. The maximum absolute atomic E-state index is 11.3. The minimum Gasteiger partial charge on any atom is -0.482 e. The molecule has 0 aliphatic heterocycles. The summed E-state index contributed by atoms with van der Waals surface area (Å²) in [7, 11) is 0. The number of alkyl halides is 1. The first-order chi connectivity index (χ1) is 11.7. The number of hydrogen-bond donors (Lipinski definition) is 5. The van der Waals surface area contributed by atoms with Crippen LogP contribution in [0.2, 0.25) is 0 Å². The molecule has 5 N–H and O–H groups in total. The maximum atomic E-state index is 11.3. The lowest BCUT2D eigenvalue weighted by atomic mass is 10.1. The Kier molecular flexibility index (Phi) is 7.63. The standard InChI is InChI=1S/C14H15ClN2O8/c15-4-10(18)17-8-1-2-9(25-6-11(19)20)7(3-8)5-16-12(13(21)22)14(23)24/h1-3,12,16H,4-6H2,(H,17,18)(H,19,20)(H,21,22)(H,23,24). The van der Waals surface area contributed by atoms with Gasteiger partial charge in [-0.15, -0.1) is 11.6 Å². The lowest BCUT2D eigenvalue weighted by molar-refractivity contribution is -0.151. The van der Waals surface area contributed by atoms with Crippen LogP contribution in [-0.4, -0.2) is 57.7 Å². The number of ether oxygens (including phenoxy) is 1. The minimum absolute atomic E-state index is 0.0910. The van der Waals surface area contributed by atoms with Gasteiger partial charge >= 0.3 is 17.9 Å². The highest BCUT2D eigenvalue weighted by Gasteiger charge is 2.25. The van der Waals surface area contributed by atoms with Gasteiger partial charge in [0, 0.05) is 17.8 Å². The van der Waals surface area contributed by atoms with Crippen molar-refractivity contribution in [3.8, 4) is 5.75 Å². The van der Waals surface area contributed by atoms with Crippen molar-refractivity contribution in [3.05, 3.63) is 23.8 Å². The molecule has 11 heteroatoms. The highest BCUT2D eigenvalue weighted by molar-refractivity contribution is 6.29. The number of aliphatic carboxylic acids is 3. The zero-order valence-corrected chi connectivity index (χ0v) is 13.4. The summed E-state index contributed by atoms with van der Waals surface area (Å²) < 4.78 is 5.06. The van der Waals surface area contributed by atoms with Crippen LogP contribution in [-0.2, 0) is 25.7 Å². The molecule has 1 amide bonds. The molecule has 1 aromatic rings. The summed E-state index contributed by atoms with van der Waals surface area (Å²) in [6.45, 7) is -0.912. The van der Waals surface area contributed by atoms with Gasteiger partial charge in [0.1, 0.15) is 11.6 Å². The molecule has 0 saturated carbocycles. The number of anilines is 1. The number of carbonyl (C=O) groups excluding carboxylic acids is 1. The number of nitrogens with one attached hydrogen (secondary N) is 2. The van der Waals surface area contributed by atoms with Gasteiger partial charge in [0.2, 0.25) is 11.9 Å². The summed E-state index contributed by atoms with van der Waals surface area (Å²) in [6, 6.07) is 2.31. The molecule has 1 aromatic carbocycles. The third-order valence-corrected chi connectivity index (χ3v) is 3.05. The molecule has 136 valence electrons. The summed E-state index contributed by atoms with van der Waals surface area (Å²) in [4.78, 5) is 43.7. The molecule has 0 aliphatic rings. The largest absolute Gasteiger partial charge is 0.482 e. The number of rotatable bonds is 10. The van der Waals surface area contributed by atoms with Crippen molar-refractivity contribution in [2.45, 2.75) is 12.6 Å². The third-order valence-electron chi connectivity index (χ3n) is 2.81. The second-order valence-electron chi connectivity index (χ2n) is 4.68. The maximum Gasteiger partial charge on any atom is 0.341 e. The Hall–Kier alpha value is -2.85. The van der Waals surface area contributed by atoms with E-state index in [1.165, 1.54) is 18.2 Å². The summed E-state index contributed by atoms with van der Waals surface area (Å²) in [6.07, 6.45) is 0. The Balaban J connectivity index is 3.01. The second kappa shape index (κ2) is 9.45. The number of halogens is 1. The van der Waals surface area contributed by atoms with Crippen LogP contribution in [0.4, 0.5) is 5.69 Å². The van der Waals surface area contributed by atoms with Gasteiger partial charge in [-0.1, -0.05) is 0 Å². The van der Waals surface area contributed by atoms with Crippen molar-refractivity contribution < 1.29 is 39.2 Å². The van der Waals surface area contributed by atoms with E-state index in [-0.39, 0.29) is 23.7 Å². The van der Waals surface area contributed by atoms with Crippen LogP contribution in [0.25, 0.3) is 0 Å². The number of amides is 1. The van der Waals surface area contributed by atoms with E-state index in [0.717, 1.165) is 0 Å². The van der Waals surface area contributed by atoms with E-state index in [0.29, 0.717) is 5.69 Å². The van der Waals surface area contributed by atoms with E-state index >= 15 is 0 Å². The number of benzene rings is 1. The molecular formula is C14H15ClN2O8. The van der Waals surface area contributed by atoms with E-state index in [2.05, 4.69) is 10.6 Å². The Bertz CT molecular complexity index is 665. The quantitative estimate of drug-likeness (QED) is 0.279. The van der Waals surface area contributed by atoms with Gasteiger partial charge in [-0.3, -0.25) is 10.1 Å². The summed E-state index contributed by atoms with van der Waals surface area (Å²) in [5.74, 6) is -5.10.